The molecule has 0 saturated carbocycles. The van der Waals surface area contributed by atoms with Crippen LogP contribution in [0.4, 0.5) is 0 Å². The summed E-state index contributed by atoms with van der Waals surface area (Å²) in [6, 6.07) is 8.51. The topological polar surface area (TPSA) is 45.6 Å². The highest BCUT2D eigenvalue weighted by atomic mass is 79.9. The molecule has 150 valence electrons. The average Bonchev–Trinajstić information content (AvgIpc) is 3.18. The fourth-order valence-electron chi connectivity index (χ4n) is 3.29. The molecule has 28 heavy (non-hydrogen) atoms. The molecule has 1 aromatic carbocycles. The molecule has 2 heterocycles. The van der Waals surface area contributed by atoms with Gasteiger partial charge in [-0.2, -0.15) is 0 Å². The van der Waals surface area contributed by atoms with Gasteiger partial charge in [-0.3, -0.25) is 9.59 Å². The number of amides is 1. The summed E-state index contributed by atoms with van der Waals surface area (Å²) in [6.07, 6.45) is 4.04. The lowest BCUT2D eigenvalue weighted by Crippen LogP contribution is -2.40. The van der Waals surface area contributed by atoms with E-state index in [1.54, 1.807) is 29.3 Å². The van der Waals surface area contributed by atoms with Crippen LogP contribution in [0, 0.1) is 0 Å². The summed E-state index contributed by atoms with van der Waals surface area (Å²) in [7, 11) is 0. The maximum Gasteiger partial charge on any atom is 0.251 e. The quantitative estimate of drug-likeness (QED) is 0.593. The first-order valence-electron chi connectivity index (χ1n) is 9.22. The highest BCUT2D eigenvalue weighted by molar-refractivity contribution is 9.10. The standard InChI is InChI=1S/C20H22BrCl2N3O2/c21-16-4-6-19(27)26(13-16)14-20(28)25(10-9-24-7-1-2-8-24)12-15-3-5-17(22)18(23)11-15/h3-6,11,13H,1-2,7-10,12,14H2. The number of aromatic nitrogens is 1. The van der Waals surface area contributed by atoms with E-state index in [2.05, 4.69) is 20.8 Å². The van der Waals surface area contributed by atoms with Gasteiger partial charge < -0.3 is 14.4 Å². The highest BCUT2D eigenvalue weighted by Crippen LogP contribution is 2.23. The van der Waals surface area contributed by atoms with Gasteiger partial charge in [-0.05, 0) is 65.6 Å². The van der Waals surface area contributed by atoms with Crippen LogP contribution in [0.2, 0.25) is 10.0 Å². The molecule has 0 N–H and O–H groups in total. The van der Waals surface area contributed by atoms with Crippen LogP contribution in [0.25, 0.3) is 0 Å². The zero-order chi connectivity index (χ0) is 20.1. The number of carbonyl (C=O) groups is 1. The van der Waals surface area contributed by atoms with E-state index in [-0.39, 0.29) is 18.0 Å². The molecule has 0 unspecified atom stereocenters. The number of rotatable bonds is 7. The first-order chi connectivity index (χ1) is 13.4. The highest BCUT2D eigenvalue weighted by Gasteiger charge is 2.19. The van der Waals surface area contributed by atoms with Gasteiger partial charge in [0.2, 0.25) is 5.91 Å². The zero-order valence-corrected chi connectivity index (χ0v) is 18.5. The molecule has 1 fully saturated rings. The molecular weight excluding hydrogens is 465 g/mol. The molecule has 0 aliphatic carbocycles. The molecule has 3 rings (SSSR count). The number of pyridine rings is 1. The summed E-state index contributed by atoms with van der Waals surface area (Å²) in [5, 5.41) is 0.954. The molecule has 1 saturated heterocycles. The van der Waals surface area contributed by atoms with Gasteiger partial charge in [-0.25, -0.2) is 0 Å². The summed E-state index contributed by atoms with van der Waals surface area (Å²) in [5.41, 5.74) is 0.705. The predicted molar refractivity (Wildman–Crippen MR) is 116 cm³/mol. The Hall–Kier alpha value is -1.34. The van der Waals surface area contributed by atoms with E-state index in [1.807, 2.05) is 6.07 Å². The third-order valence-corrected chi connectivity index (χ3v) is 6.06. The van der Waals surface area contributed by atoms with Crippen molar-refractivity contribution in [1.29, 1.82) is 0 Å². The fourth-order valence-corrected chi connectivity index (χ4v) is 3.99. The van der Waals surface area contributed by atoms with Gasteiger partial charge in [-0.1, -0.05) is 29.3 Å². The van der Waals surface area contributed by atoms with Crippen LogP contribution in [0.15, 0.2) is 45.8 Å². The van der Waals surface area contributed by atoms with Crippen molar-refractivity contribution in [2.45, 2.75) is 25.9 Å². The fraction of sp³-hybridized carbons (Fsp3) is 0.400. The number of halogens is 3. The van der Waals surface area contributed by atoms with Gasteiger partial charge in [0.05, 0.1) is 10.0 Å². The van der Waals surface area contributed by atoms with E-state index in [1.165, 1.54) is 23.5 Å². The molecular formula is C20H22BrCl2N3O2. The van der Waals surface area contributed by atoms with Crippen molar-refractivity contribution >= 4 is 45.0 Å². The Morgan fingerprint density at radius 1 is 1.11 bits per heavy atom. The smallest absolute Gasteiger partial charge is 0.251 e. The summed E-state index contributed by atoms with van der Waals surface area (Å²) in [6.45, 7) is 3.98. The van der Waals surface area contributed by atoms with E-state index in [4.69, 9.17) is 23.2 Å². The van der Waals surface area contributed by atoms with E-state index in [9.17, 15) is 9.59 Å². The SMILES string of the molecule is O=C(Cn1cc(Br)ccc1=O)N(CCN1CCCC1)Cc1ccc(Cl)c(Cl)c1. The van der Waals surface area contributed by atoms with Gasteiger partial charge in [-0.15, -0.1) is 0 Å². The monoisotopic (exact) mass is 485 g/mol. The number of carbonyl (C=O) groups excluding carboxylic acids is 1. The lowest BCUT2D eigenvalue weighted by Gasteiger charge is -2.26. The minimum atomic E-state index is -0.203. The summed E-state index contributed by atoms with van der Waals surface area (Å²) in [5.74, 6) is -0.106. The van der Waals surface area contributed by atoms with Crippen LogP contribution >= 0.6 is 39.1 Å². The number of benzene rings is 1. The third-order valence-electron chi connectivity index (χ3n) is 4.85. The molecule has 1 aliphatic rings. The Kier molecular flexibility index (Phi) is 7.57. The van der Waals surface area contributed by atoms with Gasteiger partial charge in [0, 0.05) is 36.4 Å². The van der Waals surface area contributed by atoms with Crippen LogP contribution in [-0.2, 0) is 17.9 Å². The van der Waals surface area contributed by atoms with Crippen molar-refractivity contribution in [3.63, 3.8) is 0 Å². The maximum absolute atomic E-state index is 13.0. The summed E-state index contributed by atoms with van der Waals surface area (Å²) in [4.78, 5) is 29.2. The Labute approximate surface area is 183 Å². The van der Waals surface area contributed by atoms with Crippen molar-refractivity contribution < 1.29 is 4.79 Å². The van der Waals surface area contributed by atoms with Crippen LogP contribution in [0.5, 0.6) is 0 Å². The lowest BCUT2D eigenvalue weighted by atomic mass is 10.2. The lowest BCUT2D eigenvalue weighted by molar-refractivity contribution is -0.132. The van der Waals surface area contributed by atoms with E-state index < -0.39 is 0 Å². The number of hydrogen-bond acceptors (Lipinski definition) is 3. The molecule has 2 aromatic rings. The zero-order valence-electron chi connectivity index (χ0n) is 15.4. The second-order valence-electron chi connectivity index (χ2n) is 6.93. The van der Waals surface area contributed by atoms with Crippen molar-refractivity contribution in [2.24, 2.45) is 0 Å². The predicted octanol–water partition coefficient (Wildman–Crippen LogP) is 4.04. The molecule has 5 nitrogen and oxygen atoms in total. The number of nitrogens with zero attached hydrogens (tertiary/aromatic N) is 3. The van der Waals surface area contributed by atoms with Gasteiger partial charge in [0.25, 0.3) is 5.56 Å². The van der Waals surface area contributed by atoms with Crippen LogP contribution in [-0.4, -0.2) is 46.5 Å². The minimum absolute atomic E-state index is 0.000402. The first-order valence-corrected chi connectivity index (χ1v) is 10.8. The first kappa shape index (κ1) is 21.4. The Balaban J connectivity index is 1.75. The molecule has 1 amide bonds. The van der Waals surface area contributed by atoms with E-state index in [0.717, 1.165) is 29.7 Å². The van der Waals surface area contributed by atoms with Crippen molar-refractivity contribution in [3.05, 3.63) is 67.0 Å². The number of hydrogen-bond donors (Lipinski definition) is 0. The molecule has 8 heteroatoms. The van der Waals surface area contributed by atoms with Crippen molar-refractivity contribution in [3.8, 4) is 0 Å². The van der Waals surface area contributed by atoms with Crippen LogP contribution < -0.4 is 5.56 Å². The van der Waals surface area contributed by atoms with E-state index >= 15 is 0 Å². The van der Waals surface area contributed by atoms with Crippen LogP contribution in [0.1, 0.15) is 18.4 Å². The normalized spacial score (nSPS) is 14.4. The van der Waals surface area contributed by atoms with Crippen LogP contribution in [0.3, 0.4) is 0 Å². The Morgan fingerprint density at radius 3 is 2.57 bits per heavy atom. The van der Waals surface area contributed by atoms with Crippen molar-refractivity contribution in [1.82, 2.24) is 14.4 Å². The molecule has 0 atom stereocenters. The molecule has 1 aliphatic heterocycles. The molecule has 1 aromatic heterocycles. The maximum atomic E-state index is 13.0. The largest absolute Gasteiger partial charge is 0.336 e. The van der Waals surface area contributed by atoms with Gasteiger partial charge >= 0.3 is 0 Å². The Bertz CT molecular complexity index is 897. The van der Waals surface area contributed by atoms with Crippen molar-refractivity contribution in [2.75, 3.05) is 26.2 Å². The average molecular weight is 487 g/mol. The third kappa shape index (κ3) is 5.83. The molecule has 0 spiro atoms. The Morgan fingerprint density at radius 2 is 1.86 bits per heavy atom. The molecule has 0 radical (unpaired) electrons. The summed E-state index contributed by atoms with van der Waals surface area (Å²) >= 11 is 15.5. The molecule has 0 bridgehead atoms. The second-order valence-corrected chi connectivity index (χ2v) is 8.66. The van der Waals surface area contributed by atoms with E-state index in [0.29, 0.717) is 23.1 Å². The minimum Gasteiger partial charge on any atom is -0.336 e. The second kappa shape index (κ2) is 9.92. The van der Waals surface area contributed by atoms with Gasteiger partial charge in [0.15, 0.2) is 0 Å². The number of likely N-dealkylation sites (tertiary alicyclic amines) is 1. The van der Waals surface area contributed by atoms with Gasteiger partial charge in [0.1, 0.15) is 6.54 Å². The summed E-state index contributed by atoms with van der Waals surface area (Å²) < 4.78 is 2.18.